The van der Waals surface area contributed by atoms with Gasteiger partial charge in [0, 0.05) is 17.8 Å². The summed E-state index contributed by atoms with van der Waals surface area (Å²) in [6, 6.07) is 3.31. The average Bonchev–Trinajstić information content (AvgIpc) is 2.46. The van der Waals surface area contributed by atoms with Crippen LogP contribution >= 0.6 is 11.8 Å². The fourth-order valence-electron chi connectivity index (χ4n) is 1.87. The molecule has 0 spiro atoms. The van der Waals surface area contributed by atoms with Gasteiger partial charge in [-0.2, -0.15) is 11.8 Å². The average molecular weight is 312 g/mol. The molecule has 1 rings (SSSR count). The number of nitrogen functional groups attached to an aromatic ring is 1. The first-order chi connectivity index (χ1) is 10.0. The Morgan fingerprint density at radius 3 is 2.52 bits per heavy atom. The Bertz CT molecular complexity index is 480. The predicted molar refractivity (Wildman–Crippen MR) is 88.5 cm³/mol. The molecule has 1 aromatic rings. The van der Waals surface area contributed by atoms with Crippen molar-refractivity contribution in [3.8, 4) is 11.5 Å². The van der Waals surface area contributed by atoms with Crippen LogP contribution in [0.2, 0.25) is 0 Å². The first kappa shape index (κ1) is 17.5. The molecule has 0 radical (unpaired) electrons. The standard InChI is InChI=1S/C15H24N2O3S/c1-5-21-7-6-10(2)17-15(18)11-8-13(19-3)14(20-4)9-12(11)16/h8-10H,5-7,16H2,1-4H3,(H,17,18). The second-order valence-electron chi connectivity index (χ2n) is 4.65. The van der Waals surface area contributed by atoms with Gasteiger partial charge in [0.25, 0.3) is 5.91 Å². The lowest BCUT2D eigenvalue weighted by Crippen LogP contribution is -2.33. The zero-order valence-electron chi connectivity index (χ0n) is 13.1. The molecule has 1 aromatic carbocycles. The second-order valence-corrected chi connectivity index (χ2v) is 6.05. The number of nitrogens with two attached hydrogens (primary N) is 1. The van der Waals surface area contributed by atoms with Crippen LogP contribution in [0.5, 0.6) is 11.5 Å². The number of hydrogen-bond acceptors (Lipinski definition) is 5. The summed E-state index contributed by atoms with van der Waals surface area (Å²) in [6.45, 7) is 4.11. The van der Waals surface area contributed by atoms with Crippen LogP contribution in [0.15, 0.2) is 12.1 Å². The molecule has 0 aliphatic carbocycles. The maximum absolute atomic E-state index is 12.3. The molecule has 6 heteroatoms. The lowest BCUT2D eigenvalue weighted by atomic mass is 10.1. The third-order valence-electron chi connectivity index (χ3n) is 3.08. The normalized spacial score (nSPS) is 11.8. The van der Waals surface area contributed by atoms with Crippen LogP contribution in [-0.2, 0) is 0 Å². The number of amides is 1. The van der Waals surface area contributed by atoms with Gasteiger partial charge in [-0.05, 0) is 30.9 Å². The minimum atomic E-state index is -0.192. The van der Waals surface area contributed by atoms with Crippen molar-refractivity contribution in [3.05, 3.63) is 17.7 Å². The molecule has 1 atom stereocenters. The first-order valence-corrected chi connectivity index (χ1v) is 8.09. The van der Waals surface area contributed by atoms with Gasteiger partial charge in [0.05, 0.1) is 19.8 Å². The van der Waals surface area contributed by atoms with Crippen molar-refractivity contribution in [2.75, 3.05) is 31.5 Å². The molecule has 0 saturated carbocycles. The van der Waals surface area contributed by atoms with Gasteiger partial charge in [-0.3, -0.25) is 4.79 Å². The summed E-state index contributed by atoms with van der Waals surface area (Å²) in [7, 11) is 3.06. The van der Waals surface area contributed by atoms with E-state index in [1.54, 1.807) is 12.1 Å². The molecule has 5 nitrogen and oxygen atoms in total. The van der Waals surface area contributed by atoms with E-state index in [4.69, 9.17) is 15.2 Å². The van der Waals surface area contributed by atoms with Gasteiger partial charge in [-0.1, -0.05) is 6.92 Å². The highest BCUT2D eigenvalue weighted by Crippen LogP contribution is 2.31. The van der Waals surface area contributed by atoms with Crippen molar-refractivity contribution < 1.29 is 14.3 Å². The summed E-state index contributed by atoms with van der Waals surface area (Å²) in [6.07, 6.45) is 0.928. The van der Waals surface area contributed by atoms with Crippen molar-refractivity contribution in [2.24, 2.45) is 0 Å². The van der Waals surface area contributed by atoms with E-state index in [2.05, 4.69) is 12.2 Å². The second kappa shape index (κ2) is 8.67. The highest BCUT2D eigenvalue weighted by atomic mass is 32.2. The molecule has 1 amide bonds. The van der Waals surface area contributed by atoms with E-state index >= 15 is 0 Å². The zero-order chi connectivity index (χ0) is 15.8. The number of benzene rings is 1. The third kappa shape index (κ3) is 5.04. The lowest BCUT2D eigenvalue weighted by Gasteiger charge is -2.16. The van der Waals surface area contributed by atoms with E-state index in [1.807, 2.05) is 18.7 Å². The number of carbonyl (C=O) groups is 1. The summed E-state index contributed by atoms with van der Waals surface area (Å²) < 4.78 is 10.4. The minimum absolute atomic E-state index is 0.101. The molecule has 0 saturated heterocycles. The highest BCUT2D eigenvalue weighted by Gasteiger charge is 2.16. The summed E-state index contributed by atoms with van der Waals surface area (Å²) in [4.78, 5) is 12.3. The molecule has 0 heterocycles. The van der Waals surface area contributed by atoms with Gasteiger partial charge in [-0.25, -0.2) is 0 Å². The maximum atomic E-state index is 12.3. The number of methoxy groups -OCH3 is 2. The predicted octanol–water partition coefficient (Wildman–Crippen LogP) is 2.55. The molecule has 3 N–H and O–H groups in total. The Balaban J connectivity index is 2.78. The fraction of sp³-hybridized carbons (Fsp3) is 0.533. The third-order valence-corrected chi connectivity index (χ3v) is 4.01. The number of ether oxygens (including phenoxy) is 2. The van der Waals surface area contributed by atoms with Crippen LogP contribution in [0.1, 0.15) is 30.6 Å². The number of thioether (sulfide) groups is 1. The Kier molecular flexibility index (Phi) is 7.22. The molecular formula is C15H24N2O3S. The molecule has 0 aromatic heterocycles. The van der Waals surface area contributed by atoms with Crippen LogP contribution in [-0.4, -0.2) is 37.7 Å². The van der Waals surface area contributed by atoms with Crippen LogP contribution in [0.25, 0.3) is 0 Å². The minimum Gasteiger partial charge on any atom is -0.493 e. The number of carbonyl (C=O) groups excluding carboxylic acids is 1. The monoisotopic (exact) mass is 312 g/mol. The molecule has 1 unspecified atom stereocenters. The van der Waals surface area contributed by atoms with Gasteiger partial charge in [0.2, 0.25) is 0 Å². The van der Waals surface area contributed by atoms with Gasteiger partial charge in [0.1, 0.15) is 0 Å². The van der Waals surface area contributed by atoms with Crippen LogP contribution in [0.4, 0.5) is 5.69 Å². The Hall–Kier alpha value is -1.56. The van der Waals surface area contributed by atoms with Gasteiger partial charge >= 0.3 is 0 Å². The van der Waals surface area contributed by atoms with E-state index in [-0.39, 0.29) is 11.9 Å². The highest BCUT2D eigenvalue weighted by molar-refractivity contribution is 7.99. The molecule has 0 aliphatic rings. The van der Waals surface area contributed by atoms with Crippen molar-refractivity contribution in [1.82, 2.24) is 5.32 Å². The van der Waals surface area contributed by atoms with E-state index < -0.39 is 0 Å². The van der Waals surface area contributed by atoms with Crippen LogP contribution in [0, 0.1) is 0 Å². The van der Waals surface area contributed by atoms with Crippen molar-refractivity contribution in [1.29, 1.82) is 0 Å². The number of anilines is 1. The van der Waals surface area contributed by atoms with E-state index in [9.17, 15) is 4.79 Å². The van der Waals surface area contributed by atoms with Crippen molar-refractivity contribution in [3.63, 3.8) is 0 Å². The number of hydrogen-bond donors (Lipinski definition) is 2. The summed E-state index contributed by atoms with van der Waals surface area (Å²) in [5, 5.41) is 2.96. The van der Waals surface area contributed by atoms with Crippen LogP contribution in [0.3, 0.4) is 0 Å². The summed E-state index contributed by atoms with van der Waals surface area (Å²) in [5.74, 6) is 2.93. The lowest BCUT2D eigenvalue weighted by molar-refractivity contribution is 0.0940. The van der Waals surface area contributed by atoms with Crippen molar-refractivity contribution in [2.45, 2.75) is 26.3 Å². The summed E-state index contributed by atoms with van der Waals surface area (Å²) >= 11 is 1.86. The zero-order valence-corrected chi connectivity index (χ0v) is 13.9. The largest absolute Gasteiger partial charge is 0.493 e. The quantitative estimate of drug-likeness (QED) is 0.570. The Morgan fingerprint density at radius 2 is 1.95 bits per heavy atom. The number of nitrogens with one attached hydrogen (secondary N) is 1. The van der Waals surface area contributed by atoms with Crippen molar-refractivity contribution >= 4 is 23.4 Å². The van der Waals surface area contributed by atoms with E-state index in [0.29, 0.717) is 22.7 Å². The Morgan fingerprint density at radius 1 is 1.33 bits per heavy atom. The number of rotatable bonds is 8. The topological polar surface area (TPSA) is 73.6 Å². The molecular weight excluding hydrogens is 288 g/mol. The van der Waals surface area contributed by atoms with Gasteiger partial charge in [-0.15, -0.1) is 0 Å². The summed E-state index contributed by atoms with van der Waals surface area (Å²) in [5.41, 5.74) is 6.70. The fourth-order valence-corrected chi connectivity index (χ4v) is 2.68. The SMILES string of the molecule is CCSCCC(C)NC(=O)c1cc(OC)c(OC)cc1N. The smallest absolute Gasteiger partial charge is 0.253 e. The van der Waals surface area contributed by atoms with Gasteiger partial charge < -0.3 is 20.5 Å². The molecule has 21 heavy (non-hydrogen) atoms. The van der Waals surface area contributed by atoms with Crippen LogP contribution < -0.4 is 20.5 Å². The Labute approximate surface area is 130 Å². The van der Waals surface area contributed by atoms with E-state index in [0.717, 1.165) is 17.9 Å². The first-order valence-electron chi connectivity index (χ1n) is 6.93. The van der Waals surface area contributed by atoms with Gasteiger partial charge in [0.15, 0.2) is 11.5 Å². The molecule has 0 aliphatic heterocycles. The maximum Gasteiger partial charge on any atom is 0.253 e. The molecule has 0 bridgehead atoms. The molecule has 0 fully saturated rings. The van der Waals surface area contributed by atoms with E-state index in [1.165, 1.54) is 14.2 Å². The molecule has 118 valence electrons.